The van der Waals surface area contributed by atoms with Gasteiger partial charge in [-0.3, -0.25) is 0 Å². The van der Waals surface area contributed by atoms with Gasteiger partial charge < -0.3 is 9.84 Å². The Morgan fingerprint density at radius 1 is 1.10 bits per heavy atom. The summed E-state index contributed by atoms with van der Waals surface area (Å²) in [5.74, 6) is -2.80. The summed E-state index contributed by atoms with van der Waals surface area (Å²) < 4.78 is 18.0. The first-order chi connectivity index (χ1) is 9.93. The van der Waals surface area contributed by atoms with Gasteiger partial charge in [-0.1, -0.05) is 23.7 Å². The van der Waals surface area contributed by atoms with E-state index in [1.165, 1.54) is 31.4 Å². The highest BCUT2D eigenvalue weighted by Crippen LogP contribution is 2.27. The number of carboxylic acid groups (broad SMARTS) is 1. The number of methoxy groups -OCH3 is 1. The highest BCUT2D eigenvalue weighted by molar-refractivity contribution is 6.33. The monoisotopic (exact) mass is 308 g/mol. The second kappa shape index (κ2) is 5.93. The fourth-order valence-corrected chi connectivity index (χ4v) is 2.03. The second-order valence-electron chi connectivity index (χ2n) is 4.19. The average Bonchev–Trinajstić information content (AvgIpc) is 2.47. The molecule has 0 heterocycles. The number of benzene rings is 2. The highest BCUT2D eigenvalue weighted by Gasteiger charge is 2.15. The van der Waals surface area contributed by atoms with E-state index < -0.39 is 23.3 Å². The van der Waals surface area contributed by atoms with Gasteiger partial charge in [0, 0.05) is 0 Å². The summed E-state index contributed by atoms with van der Waals surface area (Å²) in [4.78, 5) is 22.5. The first-order valence-corrected chi connectivity index (χ1v) is 6.23. The zero-order valence-corrected chi connectivity index (χ0v) is 11.6. The SMILES string of the molecule is COC(=O)c1cc(-c2ccc(F)c(C(=O)O)c2)ccc1Cl. The Morgan fingerprint density at radius 2 is 1.67 bits per heavy atom. The van der Waals surface area contributed by atoms with Crippen LogP contribution in [0.5, 0.6) is 0 Å². The second-order valence-corrected chi connectivity index (χ2v) is 4.59. The maximum absolute atomic E-state index is 13.4. The lowest BCUT2D eigenvalue weighted by Gasteiger charge is -2.08. The molecule has 2 aromatic carbocycles. The van der Waals surface area contributed by atoms with Crippen molar-refractivity contribution in [2.45, 2.75) is 0 Å². The van der Waals surface area contributed by atoms with E-state index in [2.05, 4.69) is 4.74 Å². The summed E-state index contributed by atoms with van der Waals surface area (Å²) in [7, 11) is 1.23. The van der Waals surface area contributed by atoms with Gasteiger partial charge in [-0.25, -0.2) is 14.0 Å². The summed E-state index contributed by atoms with van der Waals surface area (Å²) >= 11 is 5.91. The molecule has 0 unspecified atom stereocenters. The molecule has 0 aliphatic carbocycles. The van der Waals surface area contributed by atoms with E-state index in [-0.39, 0.29) is 10.6 Å². The van der Waals surface area contributed by atoms with Crippen molar-refractivity contribution in [1.82, 2.24) is 0 Å². The lowest BCUT2D eigenvalue weighted by Crippen LogP contribution is -2.03. The molecule has 2 rings (SSSR count). The zero-order valence-electron chi connectivity index (χ0n) is 10.9. The Morgan fingerprint density at radius 3 is 2.24 bits per heavy atom. The summed E-state index contributed by atoms with van der Waals surface area (Å²) in [5.41, 5.74) is 0.692. The van der Waals surface area contributed by atoms with Crippen LogP contribution < -0.4 is 0 Å². The maximum Gasteiger partial charge on any atom is 0.339 e. The third-order valence-corrected chi connectivity index (χ3v) is 3.23. The molecule has 21 heavy (non-hydrogen) atoms. The van der Waals surface area contributed by atoms with Gasteiger partial charge in [-0.15, -0.1) is 0 Å². The van der Waals surface area contributed by atoms with E-state index in [4.69, 9.17) is 16.7 Å². The molecule has 2 aromatic rings. The highest BCUT2D eigenvalue weighted by atomic mass is 35.5. The van der Waals surface area contributed by atoms with Crippen LogP contribution in [0.2, 0.25) is 5.02 Å². The number of aromatic carboxylic acids is 1. The molecule has 0 fully saturated rings. The fraction of sp³-hybridized carbons (Fsp3) is 0.0667. The van der Waals surface area contributed by atoms with Gasteiger partial charge in [0.1, 0.15) is 5.82 Å². The van der Waals surface area contributed by atoms with Crippen LogP contribution in [0.25, 0.3) is 11.1 Å². The molecule has 0 amide bonds. The van der Waals surface area contributed by atoms with Crippen LogP contribution in [0.1, 0.15) is 20.7 Å². The molecular weight excluding hydrogens is 299 g/mol. The van der Waals surface area contributed by atoms with Crippen LogP contribution in [0.15, 0.2) is 36.4 Å². The molecule has 0 spiro atoms. The predicted octanol–water partition coefficient (Wildman–Crippen LogP) is 3.63. The van der Waals surface area contributed by atoms with Gasteiger partial charge >= 0.3 is 11.9 Å². The van der Waals surface area contributed by atoms with Crippen molar-refractivity contribution >= 4 is 23.5 Å². The molecule has 4 nitrogen and oxygen atoms in total. The quantitative estimate of drug-likeness (QED) is 0.879. The lowest BCUT2D eigenvalue weighted by molar-refractivity contribution is 0.0600. The smallest absolute Gasteiger partial charge is 0.339 e. The standard InChI is InChI=1S/C15H10ClFO4/c1-21-15(20)10-6-8(2-4-12(10)16)9-3-5-13(17)11(7-9)14(18)19/h2-7H,1H3,(H,18,19). The van der Waals surface area contributed by atoms with Crippen molar-refractivity contribution in [1.29, 1.82) is 0 Å². The number of halogens is 2. The molecule has 0 saturated heterocycles. The number of carbonyl (C=O) groups is 2. The van der Waals surface area contributed by atoms with Crippen molar-refractivity contribution in [3.63, 3.8) is 0 Å². The minimum atomic E-state index is -1.36. The number of hydrogen-bond acceptors (Lipinski definition) is 3. The topological polar surface area (TPSA) is 63.6 Å². The number of carboxylic acids is 1. The number of carbonyl (C=O) groups excluding carboxylic acids is 1. The van der Waals surface area contributed by atoms with Crippen molar-refractivity contribution < 1.29 is 23.8 Å². The van der Waals surface area contributed by atoms with Crippen molar-refractivity contribution in [2.24, 2.45) is 0 Å². The van der Waals surface area contributed by atoms with E-state index in [9.17, 15) is 14.0 Å². The lowest BCUT2D eigenvalue weighted by atomic mass is 10.0. The maximum atomic E-state index is 13.4. The molecule has 0 saturated carbocycles. The van der Waals surface area contributed by atoms with Gasteiger partial charge in [0.15, 0.2) is 0 Å². The van der Waals surface area contributed by atoms with Crippen LogP contribution in [0.4, 0.5) is 4.39 Å². The number of rotatable bonds is 3. The van der Waals surface area contributed by atoms with Crippen LogP contribution >= 0.6 is 11.6 Å². The van der Waals surface area contributed by atoms with E-state index in [1.54, 1.807) is 6.07 Å². The molecule has 6 heteroatoms. The Kier molecular flexibility index (Phi) is 4.23. The van der Waals surface area contributed by atoms with E-state index in [1.807, 2.05) is 0 Å². The average molecular weight is 309 g/mol. The van der Waals surface area contributed by atoms with Gasteiger partial charge in [0.2, 0.25) is 0 Å². The van der Waals surface area contributed by atoms with E-state index in [0.29, 0.717) is 11.1 Å². The summed E-state index contributed by atoms with van der Waals surface area (Å²) in [5, 5.41) is 9.14. The molecule has 108 valence electrons. The van der Waals surface area contributed by atoms with Gasteiger partial charge in [-0.2, -0.15) is 0 Å². The largest absolute Gasteiger partial charge is 0.478 e. The molecule has 0 atom stereocenters. The number of ether oxygens (including phenoxy) is 1. The minimum Gasteiger partial charge on any atom is -0.478 e. The third-order valence-electron chi connectivity index (χ3n) is 2.90. The normalized spacial score (nSPS) is 10.2. The van der Waals surface area contributed by atoms with Gasteiger partial charge in [-0.05, 0) is 35.4 Å². The van der Waals surface area contributed by atoms with E-state index in [0.717, 1.165) is 6.07 Å². The molecule has 0 radical (unpaired) electrons. The Hall–Kier alpha value is -2.40. The van der Waals surface area contributed by atoms with Gasteiger partial charge in [0.05, 0.1) is 23.3 Å². The van der Waals surface area contributed by atoms with Crippen molar-refractivity contribution in [3.8, 4) is 11.1 Å². The molecule has 0 aromatic heterocycles. The van der Waals surface area contributed by atoms with Crippen molar-refractivity contribution in [3.05, 3.63) is 58.4 Å². The summed E-state index contributed by atoms with van der Waals surface area (Å²) in [6.45, 7) is 0. The van der Waals surface area contributed by atoms with Crippen LogP contribution in [0.3, 0.4) is 0 Å². The Labute approximate surface area is 124 Å². The zero-order chi connectivity index (χ0) is 15.6. The van der Waals surface area contributed by atoms with Crippen LogP contribution in [-0.2, 0) is 4.74 Å². The minimum absolute atomic E-state index is 0.151. The molecule has 0 aliphatic rings. The van der Waals surface area contributed by atoms with E-state index >= 15 is 0 Å². The Bertz CT molecular complexity index is 728. The first-order valence-electron chi connectivity index (χ1n) is 5.85. The molecule has 0 bridgehead atoms. The number of hydrogen-bond donors (Lipinski definition) is 1. The fourth-order valence-electron chi connectivity index (χ4n) is 1.84. The van der Waals surface area contributed by atoms with Crippen LogP contribution in [0, 0.1) is 5.82 Å². The Balaban J connectivity index is 2.55. The summed E-state index contributed by atoms with van der Waals surface area (Å²) in [6.07, 6.45) is 0. The van der Waals surface area contributed by atoms with Crippen molar-refractivity contribution in [2.75, 3.05) is 7.11 Å². The predicted molar refractivity (Wildman–Crippen MR) is 75.1 cm³/mol. The molecule has 1 N–H and O–H groups in total. The molecule has 0 aliphatic heterocycles. The van der Waals surface area contributed by atoms with Crippen LogP contribution in [-0.4, -0.2) is 24.2 Å². The van der Waals surface area contributed by atoms with Gasteiger partial charge in [0.25, 0.3) is 0 Å². The molecular formula is C15H10ClFO4. The number of esters is 1. The summed E-state index contributed by atoms with van der Waals surface area (Å²) in [6, 6.07) is 8.24. The first kappa shape index (κ1) is 15.0. The third kappa shape index (κ3) is 3.03.